The number of hydrogen-bond acceptors (Lipinski definition) is 5. The third-order valence-corrected chi connectivity index (χ3v) is 3.28. The lowest BCUT2D eigenvalue weighted by molar-refractivity contribution is -0.115. The Morgan fingerprint density at radius 1 is 1.47 bits per heavy atom. The fourth-order valence-electron chi connectivity index (χ4n) is 2.28. The van der Waals surface area contributed by atoms with Gasteiger partial charge in [0.2, 0.25) is 0 Å². The number of aryl methyl sites for hydroxylation is 1. The van der Waals surface area contributed by atoms with Crippen LogP contribution in [0.4, 0.5) is 0 Å². The minimum absolute atomic E-state index is 0.0790. The van der Waals surface area contributed by atoms with Crippen molar-refractivity contribution in [2.75, 3.05) is 26.9 Å². The Balaban J connectivity index is 1.85. The SMILES string of the molecule is CCNC1CC(Oc2cnn(C)c2)C1OCCOC. The zero-order chi connectivity index (χ0) is 13.7. The quantitative estimate of drug-likeness (QED) is 0.700. The number of methoxy groups -OCH3 is 1. The summed E-state index contributed by atoms with van der Waals surface area (Å²) in [7, 11) is 3.55. The van der Waals surface area contributed by atoms with Crippen LogP contribution < -0.4 is 10.1 Å². The summed E-state index contributed by atoms with van der Waals surface area (Å²) in [5, 5.41) is 7.51. The van der Waals surface area contributed by atoms with E-state index in [1.54, 1.807) is 18.0 Å². The predicted molar refractivity (Wildman–Crippen MR) is 71.3 cm³/mol. The number of aromatic nitrogens is 2. The molecule has 6 heteroatoms. The topological polar surface area (TPSA) is 57.5 Å². The van der Waals surface area contributed by atoms with E-state index in [2.05, 4.69) is 17.3 Å². The molecule has 1 aliphatic carbocycles. The van der Waals surface area contributed by atoms with Crippen LogP contribution in [-0.4, -0.2) is 54.9 Å². The van der Waals surface area contributed by atoms with Crippen LogP contribution in [0, 0.1) is 0 Å². The second-order valence-corrected chi connectivity index (χ2v) is 4.73. The van der Waals surface area contributed by atoms with Gasteiger partial charge in [-0.2, -0.15) is 5.10 Å². The lowest BCUT2D eigenvalue weighted by atomic mass is 9.85. The lowest BCUT2D eigenvalue weighted by Gasteiger charge is -2.43. The molecule has 0 aliphatic heterocycles. The highest BCUT2D eigenvalue weighted by molar-refractivity contribution is 5.14. The molecule has 2 rings (SSSR count). The zero-order valence-corrected chi connectivity index (χ0v) is 11.8. The van der Waals surface area contributed by atoms with Crippen molar-refractivity contribution < 1.29 is 14.2 Å². The number of rotatable bonds is 8. The first-order valence-electron chi connectivity index (χ1n) is 6.73. The second-order valence-electron chi connectivity index (χ2n) is 4.73. The molecule has 0 radical (unpaired) electrons. The molecular weight excluding hydrogens is 246 g/mol. The van der Waals surface area contributed by atoms with E-state index >= 15 is 0 Å². The molecule has 0 spiro atoms. The monoisotopic (exact) mass is 269 g/mol. The summed E-state index contributed by atoms with van der Waals surface area (Å²) in [6.45, 7) is 4.24. The molecule has 0 amide bonds. The Morgan fingerprint density at radius 2 is 2.32 bits per heavy atom. The number of nitrogens with one attached hydrogen (secondary N) is 1. The smallest absolute Gasteiger partial charge is 0.157 e. The molecule has 0 aromatic carbocycles. The van der Waals surface area contributed by atoms with Gasteiger partial charge in [0.1, 0.15) is 12.2 Å². The highest BCUT2D eigenvalue weighted by Crippen LogP contribution is 2.28. The first-order chi connectivity index (χ1) is 9.24. The summed E-state index contributed by atoms with van der Waals surface area (Å²) in [6.07, 6.45) is 4.72. The zero-order valence-electron chi connectivity index (χ0n) is 11.8. The Bertz CT molecular complexity index is 383. The average Bonchev–Trinajstić information content (AvgIpc) is 2.79. The van der Waals surface area contributed by atoms with Gasteiger partial charge in [-0.1, -0.05) is 6.92 Å². The number of likely N-dealkylation sites (N-methyl/N-ethyl adjacent to an activating group) is 1. The number of hydrogen-bond donors (Lipinski definition) is 1. The van der Waals surface area contributed by atoms with Crippen LogP contribution in [0.3, 0.4) is 0 Å². The molecule has 1 fully saturated rings. The predicted octanol–water partition coefficient (Wildman–Crippen LogP) is 0.581. The largest absolute Gasteiger partial charge is 0.484 e. The van der Waals surface area contributed by atoms with Gasteiger partial charge in [-0.05, 0) is 6.54 Å². The molecule has 1 saturated carbocycles. The molecule has 1 aliphatic rings. The minimum atomic E-state index is 0.0790. The second kappa shape index (κ2) is 6.88. The van der Waals surface area contributed by atoms with Gasteiger partial charge >= 0.3 is 0 Å². The molecule has 0 bridgehead atoms. The summed E-state index contributed by atoms with van der Waals surface area (Å²) >= 11 is 0. The van der Waals surface area contributed by atoms with E-state index in [1.807, 2.05) is 13.2 Å². The molecule has 1 heterocycles. The Labute approximate surface area is 114 Å². The molecule has 19 heavy (non-hydrogen) atoms. The normalized spacial score (nSPS) is 26.2. The third kappa shape index (κ3) is 3.68. The van der Waals surface area contributed by atoms with Crippen molar-refractivity contribution in [3.05, 3.63) is 12.4 Å². The van der Waals surface area contributed by atoms with Gasteiger partial charge < -0.3 is 19.5 Å². The molecular formula is C13H23N3O3. The van der Waals surface area contributed by atoms with Crippen LogP contribution in [0.5, 0.6) is 5.75 Å². The molecule has 1 aromatic rings. The average molecular weight is 269 g/mol. The van der Waals surface area contributed by atoms with E-state index in [0.717, 1.165) is 18.7 Å². The minimum Gasteiger partial charge on any atom is -0.484 e. The van der Waals surface area contributed by atoms with Gasteiger partial charge in [0.15, 0.2) is 5.75 Å². The van der Waals surface area contributed by atoms with E-state index in [9.17, 15) is 0 Å². The first-order valence-corrected chi connectivity index (χ1v) is 6.73. The summed E-state index contributed by atoms with van der Waals surface area (Å²) in [5.41, 5.74) is 0. The lowest BCUT2D eigenvalue weighted by Crippen LogP contribution is -2.61. The summed E-state index contributed by atoms with van der Waals surface area (Å²) < 4.78 is 18.5. The van der Waals surface area contributed by atoms with Crippen molar-refractivity contribution >= 4 is 0 Å². The van der Waals surface area contributed by atoms with Crippen molar-refractivity contribution in [2.24, 2.45) is 7.05 Å². The van der Waals surface area contributed by atoms with Crippen LogP contribution in [0.25, 0.3) is 0 Å². The van der Waals surface area contributed by atoms with Crippen LogP contribution in [-0.2, 0) is 16.5 Å². The molecule has 3 unspecified atom stereocenters. The van der Waals surface area contributed by atoms with Crippen molar-refractivity contribution in [3.8, 4) is 5.75 Å². The van der Waals surface area contributed by atoms with E-state index in [0.29, 0.717) is 19.3 Å². The van der Waals surface area contributed by atoms with Crippen molar-refractivity contribution in [1.82, 2.24) is 15.1 Å². The van der Waals surface area contributed by atoms with Crippen molar-refractivity contribution in [1.29, 1.82) is 0 Å². The molecule has 0 saturated heterocycles. The third-order valence-electron chi connectivity index (χ3n) is 3.28. The van der Waals surface area contributed by atoms with Crippen molar-refractivity contribution in [2.45, 2.75) is 31.6 Å². The molecule has 108 valence electrons. The van der Waals surface area contributed by atoms with E-state index < -0.39 is 0 Å². The molecule has 6 nitrogen and oxygen atoms in total. The van der Waals surface area contributed by atoms with Gasteiger partial charge in [-0.15, -0.1) is 0 Å². The van der Waals surface area contributed by atoms with Gasteiger partial charge in [0.25, 0.3) is 0 Å². The molecule has 1 aromatic heterocycles. The van der Waals surface area contributed by atoms with Gasteiger partial charge in [0, 0.05) is 26.6 Å². The van der Waals surface area contributed by atoms with E-state index in [1.165, 1.54) is 0 Å². The summed E-state index contributed by atoms with van der Waals surface area (Å²) in [4.78, 5) is 0. The Hall–Kier alpha value is -1.11. The van der Waals surface area contributed by atoms with Crippen LogP contribution >= 0.6 is 0 Å². The fourth-order valence-corrected chi connectivity index (χ4v) is 2.28. The summed E-state index contributed by atoms with van der Waals surface area (Å²) in [6, 6.07) is 0.364. The fraction of sp³-hybridized carbons (Fsp3) is 0.769. The number of ether oxygens (including phenoxy) is 3. The maximum Gasteiger partial charge on any atom is 0.157 e. The molecule has 1 N–H and O–H groups in total. The highest BCUT2D eigenvalue weighted by atomic mass is 16.6. The van der Waals surface area contributed by atoms with Gasteiger partial charge in [-0.25, -0.2) is 0 Å². The van der Waals surface area contributed by atoms with Crippen molar-refractivity contribution in [3.63, 3.8) is 0 Å². The highest BCUT2D eigenvalue weighted by Gasteiger charge is 2.43. The Morgan fingerprint density at radius 3 is 2.95 bits per heavy atom. The van der Waals surface area contributed by atoms with Gasteiger partial charge in [-0.3, -0.25) is 4.68 Å². The van der Waals surface area contributed by atoms with Crippen LogP contribution in [0.15, 0.2) is 12.4 Å². The maximum absolute atomic E-state index is 5.90. The first kappa shape index (κ1) is 14.3. The van der Waals surface area contributed by atoms with E-state index in [-0.39, 0.29) is 12.2 Å². The summed E-state index contributed by atoms with van der Waals surface area (Å²) in [5.74, 6) is 0.794. The van der Waals surface area contributed by atoms with Crippen LogP contribution in [0.1, 0.15) is 13.3 Å². The Kier molecular flexibility index (Phi) is 5.18. The van der Waals surface area contributed by atoms with Crippen LogP contribution in [0.2, 0.25) is 0 Å². The van der Waals surface area contributed by atoms with Gasteiger partial charge in [0.05, 0.1) is 25.6 Å². The van der Waals surface area contributed by atoms with E-state index in [4.69, 9.17) is 14.2 Å². The number of nitrogens with zero attached hydrogens (tertiary/aromatic N) is 2. The standard InChI is InChI=1S/C13H23N3O3/c1-4-14-11-7-12(13(11)18-6-5-17-3)19-10-8-15-16(2)9-10/h8-9,11-14H,4-7H2,1-3H3. The molecule has 3 atom stereocenters. The maximum atomic E-state index is 5.90.